The Hall–Kier alpha value is -3.00. The van der Waals surface area contributed by atoms with E-state index in [0.717, 1.165) is 5.65 Å². The van der Waals surface area contributed by atoms with Crippen molar-refractivity contribution < 1.29 is 9.50 Å². The number of benzene rings is 1. The molecular formula is C18H21FN6O. The molecule has 0 bridgehead atoms. The van der Waals surface area contributed by atoms with E-state index in [0.29, 0.717) is 24.9 Å². The van der Waals surface area contributed by atoms with Crippen molar-refractivity contribution in [2.24, 2.45) is 4.99 Å². The van der Waals surface area contributed by atoms with Crippen molar-refractivity contribution in [1.82, 2.24) is 25.2 Å². The van der Waals surface area contributed by atoms with Crippen molar-refractivity contribution in [2.75, 3.05) is 13.1 Å². The van der Waals surface area contributed by atoms with E-state index in [4.69, 9.17) is 0 Å². The monoisotopic (exact) mass is 356 g/mol. The minimum Gasteiger partial charge on any atom is -0.386 e. The molecule has 2 heterocycles. The third-order valence-electron chi connectivity index (χ3n) is 3.83. The van der Waals surface area contributed by atoms with Crippen molar-refractivity contribution >= 4 is 11.6 Å². The first-order valence-corrected chi connectivity index (χ1v) is 8.42. The highest BCUT2D eigenvalue weighted by molar-refractivity contribution is 5.79. The van der Waals surface area contributed by atoms with E-state index in [9.17, 15) is 9.50 Å². The van der Waals surface area contributed by atoms with Crippen LogP contribution in [0.1, 0.15) is 24.4 Å². The van der Waals surface area contributed by atoms with Crippen LogP contribution in [-0.4, -0.2) is 38.8 Å². The smallest absolute Gasteiger partial charge is 0.191 e. The number of halogens is 1. The van der Waals surface area contributed by atoms with Crippen molar-refractivity contribution in [3.8, 4) is 0 Å². The highest BCUT2D eigenvalue weighted by Gasteiger charge is 2.13. The Balaban J connectivity index is 1.66. The molecule has 3 N–H and O–H groups in total. The fraction of sp³-hybridized carbons (Fsp3) is 0.278. The van der Waals surface area contributed by atoms with Gasteiger partial charge in [0.15, 0.2) is 17.4 Å². The Kier molecular flexibility index (Phi) is 5.75. The average molecular weight is 356 g/mol. The molecule has 8 heteroatoms. The molecule has 0 saturated carbocycles. The molecule has 1 aromatic carbocycles. The van der Waals surface area contributed by atoms with E-state index in [1.807, 2.05) is 35.7 Å². The fourth-order valence-electron chi connectivity index (χ4n) is 2.54. The summed E-state index contributed by atoms with van der Waals surface area (Å²) in [5.74, 6) is 0.779. The summed E-state index contributed by atoms with van der Waals surface area (Å²) in [6, 6.07) is 11.8. The maximum absolute atomic E-state index is 13.7. The highest BCUT2D eigenvalue weighted by Crippen LogP contribution is 2.15. The van der Waals surface area contributed by atoms with Gasteiger partial charge in [-0.05, 0) is 25.1 Å². The quantitative estimate of drug-likeness (QED) is 0.462. The Morgan fingerprint density at radius 2 is 2.00 bits per heavy atom. The van der Waals surface area contributed by atoms with Gasteiger partial charge >= 0.3 is 0 Å². The molecule has 0 spiro atoms. The van der Waals surface area contributed by atoms with E-state index in [2.05, 4.69) is 25.8 Å². The number of nitrogens with one attached hydrogen (secondary N) is 2. The number of nitrogens with zero attached hydrogens (tertiary/aromatic N) is 4. The normalized spacial score (nSPS) is 13.0. The molecule has 0 aliphatic carbocycles. The molecule has 0 saturated heterocycles. The topological polar surface area (TPSA) is 86.8 Å². The van der Waals surface area contributed by atoms with Gasteiger partial charge in [0.25, 0.3) is 0 Å². The van der Waals surface area contributed by atoms with Crippen LogP contribution in [0.25, 0.3) is 5.65 Å². The second kappa shape index (κ2) is 8.39. The minimum absolute atomic E-state index is 0.132. The van der Waals surface area contributed by atoms with Gasteiger partial charge in [0.1, 0.15) is 12.4 Å². The fourth-order valence-corrected chi connectivity index (χ4v) is 2.54. The van der Waals surface area contributed by atoms with Gasteiger partial charge in [-0.3, -0.25) is 4.40 Å². The van der Waals surface area contributed by atoms with Gasteiger partial charge in [-0.2, -0.15) is 0 Å². The first kappa shape index (κ1) is 17.8. The maximum Gasteiger partial charge on any atom is 0.191 e. The lowest BCUT2D eigenvalue weighted by atomic mass is 10.1. The van der Waals surface area contributed by atoms with E-state index >= 15 is 0 Å². The summed E-state index contributed by atoms with van der Waals surface area (Å²) in [6.07, 6.45) is 0.900. The summed E-state index contributed by atoms with van der Waals surface area (Å²) in [5.41, 5.74) is 1.00. The SMILES string of the molecule is CCNC(=NCc1nnc2ccccn12)NCC(O)c1ccccc1F. The minimum atomic E-state index is -0.978. The van der Waals surface area contributed by atoms with Gasteiger partial charge in [0.2, 0.25) is 0 Å². The van der Waals surface area contributed by atoms with Crippen LogP contribution >= 0.6 is 0 Å². The summed E-state index contributed by atoms with van der Waals surface area (Å²) < 4.78 is 15.6. The number of aliphatic hydroxyl groups excluding tert-OH is 1. The summed E-state index contributed by atoms with van der Waals surface area (Å²) in [7, 11) is 0. The molecule has 26 heavy (non-hydrogen) atoms. The molecule has 1 atom stereocenters. The van der Waals surface area contributed by atoms with Gasteiger partial charge in [0.05, 0.1) is 6.10 Å². The number of aliphatic hydroxyl groups is 1. The lowest BCUT2D eigenvalue weighted by Gasteiger charge is -2.16. The number of hydrogen-bond donors (Lipinski definition) is 3. The van der Waals surface area contributed by atoms with Gasteiger partial charge < -0.3 is 15.7 Å². The van der Waals surface area contributed by atoms with Crippen LogP contribution in [0.2, 0.25) is 0 Å². The molecular weight excluding hydrogens is 335 g/mol. The molecule has 0 aliphatic heterocycles. The van der Waals surface area contributed by atoms with E-state index in [1.54, 1.807) is 18.2 Å². The Morgan fingerprint density at radius 3 is 2.81 bits per heavy atom. The third-order valence-corrected chi connectivity index (χ3v) is 3.83. The molecule has 3 rings (SSSR count). The van der Waals surface area contributed by atoms with Crippen LogP contribution in [0.3, 0.4) is 0 Å². The van der Waals surface area contributed by atoms with Crippen LogP contribution < -0.4 is 10.6 Å². The number of aromatic nitrogens is 3. The van der Waals surface area contributed by atoms with Crippen LogP contribution in [-0.2, 0) is 6.54 Å². The van der Waals surface area contributed by atoms with E-state index < -0.39 is 11.9 Å². The molecule has 2 aromatic heterocycles. The van der Waals surface area contributed by atoms with Crippen molar-refractivity contribution in [2.45, 2.75) is 19.6 Å². The number of guanidine groups is 1. The first-order valence-electron chi connectivity index (χ1n) is 8.42. The van der Waals surface area contributed by atoms with Gasteiger partial charge in [-0.25, -0.2) is 9.38 Å². The van der Waals surface area contributed by atoms with Crippen LogP contribution in [0, 0.1) is 5.82 Å². The number of aliphatic imine (C=N–C) groups is 1. The largest absolute Gasteiger partial charge is 0.386 e. The zero-order valence-corrected chi connectivity index (χ0v) is 14.4. The zero-order chi connectivity index (χ0) is 18.4. The predicted octanol–water partition coefficient (Wildman–Crippen LogP) is 1.66. The van der Waals surface area contributed by atoms with Gasteiger partial charge in [0, 0.05) is 24.8 Å². The predicted molar refractivity (Wildman–Crippen MR) is 97.2 cm³/mol. The second-order valence-electron chi connectivity index (χ2n) is 5.66. The molecule has 0 fully saturated rings. The van der Waals surface area contributed by atoms with Crippen LogP contribution in [0.4, 0.5) is 4.39 Å². The first-order chi connectivity index (χ1) is 12.7. The average Bonchev–Trinajstić information content (AvgIpc) is 3.07. The second-order valence-corrected chi connectivity index (χ2v) is 5.66. The Labute approximate surface area is 150 Å². The summed E-state index contributed by atoms with van der Waals surface area (Å²) in [4.78, 5) is 4.46. The maximum atomic E-state index is 13.7. The van der Waals surface area contributed by atoms with Gasteiger partial charge in [-0.1, -0.05) is 24.3 Å². The van der Waals surface area contributed by atoms with Crippen molar-refractivity contribution in [3.63, 3.8) is 0 Å². The Bertz CT molecular complexity index is 894. The number of hydrogen-bond acceptors (Lipinski definition) is 4. The third kappa shape index (κ3) is 4.15. The number of fused-ring (bicyclic) bond motifs is 1. The standard InChI is InChI=1S/C18H21FN6O/c1-2-20-18(21-11-15(26)13-7-3-4-8-14(13)19)22-12-17-24-23-16-9-5-6-10-25(16)17/h3-10,15,26H,2,11-12H2,1H3,(H2,20,21,22). The number of rotatable bonds is 6. The molecule has 7 nitrogen and oxygen atoms in total. The zero-order valence-electron chi connectivity index (χ0n) is 14.4. The van der Waals surface area contributed by atoms with Crippen molar-refractivity contribution in [1.29, 1.82) is 0 Å². The Morgan fingerprint density at radius 1 is 1.19 bits per heavy atom. The summed E-state index contributed by atoms with van der Waals surface area (Å²) in [6.45, 7) is 3.04. The molecule has 0 radical (unpaired) electrons. The molecule has 136 valence electrons. The highest BCUT2D eigenvalue weighted by atomic mass is 19.1. The lowest BCUT2D eigenvalue weighted by Crippen LogP contribution is -2.39. The van der Waals surface area contributed by atoms with Crippen LogP contribution in [0.5, 0.6) is 0 Å². The van der Waals surface area contributed by atoms with E-state index in [1.165, 1.54) is 6.07 Å². The van der Waals surface area contributed by atoms with E-state index in [-0.39, 0.29) is 12.1 Å². The molecule has 0 amide bonds. The van der Waals surface area contributed by atoms with Crippen molar-refractivity contribution in [3.05, 3.63) is 65.9 Å². The van der Waals surface area contributed by atoms with Gasteiger partial charge in [-0.15, -0.1) is 10.2 Å². The molecule has 0 aliphatic rings. The summed E-state index contributed by atoms with van der Waals surface area (Å²) >= 11 is 0. The molecule has 1 unspecified atom stereocenters. The number of pyridine rings is 1. The lowest BCUT2D eigenvalue weighted by molar-refractivity contribution is 0.176. The van der Waals surface area contributed by atoms with Crippen LogP contribution in [0.15, 0.2) is 53.7 Å². The summed E-state index contributed by atoms with van der Waals surface area (Å²) in [5, 5.41) is 24.5. The molecule has 3 aromatic rings.